The van der Waals surface area contributed by atoms with Crippen molar-refractivity contribution in [1.82, 2.24) is 20.0 Å². The Balaban J connectivity index is 2.20. The van der Waals surface area contributed by atoms with E-state index in [1.807, 2.05) is 12.3 Å². The second-order valence-corrected chi connectivity index (χ2v) is 5.12. The molecule has 0 aliphatic carbocycles. The Morgan fingerprint density at radius 1 is 1.40 bits per heavy atom. The van der Waals surface area contributed by atoms with E-state index in [4.69, 9.17) is 5.73 Å². The van der Waals surface area contributed by atoms with E-state index in [0.717, 1.165) is 5.69 Å². The Kier molecular flexibility index (Phi) is 3.29. The average molecular weight is 289 g/mol. The Morgan fingerprint density at radius 3 is 2.90 bits per heavy atom. The van der Waals surface area contributed by atoms with Crippen molar-refractivity contribution < 1.29 is 4.39 Å². The lowest BCUT2D eigenvalue weighted by molar-refractivity contribution is 0.628. The number of aryl methyl sites for hydroxylation is 1. The minimum absolute atomic E-state index is 0.232. The molecule has 3 aromatic rings. The van der Waals surface area contributed by atoms with Crippen LogP contribution in [0.5, 0.6) is 0 Å². The lowest BCUT2D eigenvalue weighted by Crippen LogP contribution is -2.02. The summed E-state index contributed by atoms with van der Waals surface area (Å²) < 4.78 is 15.0. The van der Waals surface area contributed by atoms with Crippen LogP contribution in [0.25, 0.3) is 16.4 Å². The van der Waals surface area contributed by atoms with E-state index in [9.17, 15) is 4.39 Å². The Bertz CT molecular complexity index is 749. The average Bonchev–Trinajstić information content (AvgIpc) is 3.04. The first-order valence-corrected chi connectivity index (χ1v) is 6.90. The number of halogens is 1. The molecule has 0 bridgehead atoms. The van der Waals surface area contributed by atoms with Gasteiger partial charge in [0.2, 0.25) is 5.13 Å². The summed E-state index contributed by atoms with van der Waals surface area (Å²) in [7, 11) is 0. The zero-order chi connectivity index (χ0) is 14.1. The number of thiazole rings is 1. The van der Waals surface area contributed by atoms with Crippen LogP contribution in [0.3, 0.4) is 0 Å². The fraction of sp³-hybridized carbons (Fsp3) is 0.154. The molecule has 5 nitrogen and oxygen atoms in total. The molecule has 102 valence electrons. The fourth-order valence-corrected chi connectivity index (χ4v) is 2.70. The van der Waals surface area contributed by atoms with Gasteiger partial charge in [-0.3, -0.25) is 0 Å². The monoisotopic (exact) mass is 289 g/mol. The standard InChI is InChI=1S/C13H12FN5S/c1-8-7-20-13(16-8)19-12(11(6-15)17-18-19)9-3-2-4-10(14)5-9/h2-5,7H,6,15H2,1H3. The minimum Gasteiger partial charge on any atom is -0.325 e. The van der Waals surface area contributed by atoms with Gasteiger partial charge in [0.1, 0.15) is 17.2 Å². The van der Waals surface area contributed by atoms with Crippen LogP contribution in [-0.2, 0) is 6.54 Å². The molecular formula is C13H12FN5S. The van der Waals surface area contributed by atoms with Gasteiger partial charge >= 0.3 is 0 Å². The molecule has 3 rings (SSSR count). The number of nitrogens with zero attached hydrogens (tertiary/aromatic N) is 4. The quantitative estimate of drug-likeness (QED) is 0.803. The highest BCUT2D eigenvalue weighted by atomic mass is 32.1. The summed E-state index contributed by atoms with van der Waals surface area (Å²) in [5, 5.41) is 10.8. The van der Waals surface area contributed by atoms with Crippen molar-refractivity contribution in [2.45, 2.75) is 13.5 Å². The van der Waals surface area contributed by atoms with Crippen LogP contribution in [0.2, 0.25) is 0 Å². The van der Waals surface area contributed by atoms with E-state index in [1.54, 1.807) is 16.8 Å². The van der Waals surface area contributed by atoms with Crippen molar-refractivity contribution in [3.05, 3.63) is 46.9 Å². The predicted molar refractivity (Wildman–Crippen MR) is 75.1 cm³/mol. The Labute approximate surface area is 118 Å². The zero-order valence-corrected chi connectivity index (χ0v) is 11.6. The summed E-state index contributed by atoms with van der Waals surface area (Å²) in [6.45, 7) is 2.14. The molecular weight excluding hydrogens is 277 g/mol. The van der Waals surface area contributed by atoms with Crippen molar-refractivity contribution in [1.29, 1.82) is 0 Å². The molecule has 0 atom stereocenters. The maximum atomic E-state index is 13.4. The molecule has 20 heavy (non-hydrogen) atoms. The molecule has 2 heterocycles. The van der Waals surface area contributed by atoms with Crippen LogP contribution in [0, 0.1) is 12.7 Å². The van der Waals surface area contributed by atoms with E-state index < -0.39 is 0 Å². The summed E-state index contributed by atoms with van der Waals surface area (Å²) in [5.41, 5.74) is 8.58. The lowest BCUT2D eigenvalue weighted by Gasteiger charge is -2.05. The summed E-state index contributed by atoms with van der Waals surface area (Å²) in [6, 6.07) is 6.29. The lowest BCUT2D eigenvalue weighted by atomic mass is 10.1. The molecule has 0 fully saturated rings. The molecule has 0 saturated carbocycles. The van der Waals surface area contributed by atoms with E-state index in [2.05, 4.69) is 15.3 Å². The van der Waals surface area contributed by atoms with Crippen LogP contribution in [0.1, 0.15) is 11.4 Å². The highest BCUT2D eigenvalue weighted by Gasteiger charge is 2.17. The van der Waals surface area contributed by atoms with Gasteiger partial charge in [0, 0.05) is 17.5 Å². The van der Waals surface area contributed by atoms with E-state index >= 15 is 0 Å². The second-order valence-electron chi connectivity index (χ2n) is 4.28. The number of hydrogen-bond donors (Lipinski definition) is 1. The van der Waals surface area contributed by atoms with Crippen LogP contribution in [0.4, 0.5) is 4.39 Å². The number of aromatic nitrogens is 4. The van der Waals surface area contributed by atoms with Crippen molar-refractivity contribution in [2.24, 2.45) is 5.73 Å². The molecule has 0 saturated heterocycles. The molecule has 0 amide bonds. The topological polar surface area (TPSA) is 69.6 Å². The maximum Gasteiger partial charge on any atom is 0.212 e. The van der Waals surface area contributed by atoms with Gasteiger partial charge in [-0.2, -0.15) is 4.68 Å². The zero-order valence-electron chi connectivity index (χ0n) is 10.7. The summed E-state index contributed by atoms with van der Waals surface area (Å²) in [4.78, 5) is 4.38. The van der Waals surface area contributed by atoms with Crippen molar-refractivity contribution >= 4 is 11.3 Å². The normalized spacial score (nSPS) is 10.9. The summed E-state index contributed by atoms with van der Waals surface area (Å²) in [5.74, 6) is -0.312. The smallest absolute Gasteiger partial charge is 0.212 e. The summed E-state index contributed by atoms with van der Waals surface area (Å²) in [6.07, 6.45) is 0. The molecule has 7 heteroatoms. The van der Waals surface area contributed by atoms with Gasteiger partial charge in [-0.1, -0.05) is 17.3 Å². The van der Waals surface area contributed by atoms with Crippen molar-refractivity contribution in [3.8, 4) is 16.4 Å². The number of hydrogen-bond acceptors (Lipinski definition) is 5. The number of nitrogens with two attached hydrogens (primary N) is 1. The summed E-state index contributed by atoms with van der Waals surface area (Å²) >= 11 is 1.45. The molecule has 0 aliphatic rings. The largest absolute Gasteiger partial charge is 0.325 e. The van der Waals surface area contributed by atoms with Gasteiger partial charge in [-0.25, -0.2) is 9.37 Å². The molecule has 1 aromatic carbocycles. The van der Waals surface area contributed by atoms with Gasteiger partial charge in [-0.05, 0) is 19.1 Å². The molecule has 0 spiro atoms. The van der Waals surface area contributed by atoms with Crippen LogP contribution >= 0.6 is 11.3 Å². The van der Waals surface area contributed by atoms with Gasteiger partial charge in [0.15, 0.2) is 0 Å². The third kappa shape index (κ3) is 2.21. The first-order valence-electron chi connectivity index (χ1n) is 6.02. The van der Waals surface area contributed by atoms with E-state index in [0.29, 0.717) is 22.1 Å². The first-order chi connectivity index (χ1) is 9.69. The Morgan fingerprint density at radius 2 is 2.25 bits per heavy atom. The number of rotatable bonds is 3. The highest BCUT2D eigenvalue weighted by molar-refractivity contribution is 7.12. The van der Waals surface area contributed by atoms with Crippen LogP contribution in [0.15, 0.2) is 29.6 Å². The molecule has 2 N–H and O–H groups in total. The van der Waals surface area contributed by atoms with E-state index in [1.165, 1.54) is 23.5 Å². The molecule has 2 aromatic heterocycles. The van der Waals surface area contributed by atoms with Gasteiger partial charge in [0.25, 0.3) is 0 Å². The first kappa shape index (κ1) is 12.9. The van der Waals surface area contributed by atoms with Gasteiger partial charge in [0.05, 0.1) is 5.69 Å². The third-order valence-corrected chi connectivity index (χ3v) is 3.75. The third-order valence-electron chi connectivity index (χ3n) is 2.82. The maximum absolute atomic E-state index is 13.4. The second kappa shape index (κ2) is 5.10. The predicted octanol–water partition coefficient (Wildman–Crippen LogP) is 2.30. The molecule has 0 aliphatic heterocycles. The van der Waals surface area contributed by atoms with Gasteiger partial charge < -0.3 is 5.73 Å². The Hall–Kier alpha value is -2.12. The fourth-order valence-electron chi connectivity index (χ4n) is 1.95. The SMILES string of the molecule is Cc1csc(-n2nnc(CN)c2-c2cccc(F)c2)n1. The van der Waals surface area contributed by atoms with E-state index in [-0.39, 0.29) is 12.4 Å². The highest BCUT2D eigenvalue weighted by Crippen LogP contribution is 2.26. The molecule has 0 unspecified atom stereocenters. The van der Waals surface area contributed by atoms with Gasteiger partial charge in [-0.15, -0.1) is 16.4 Å². The van der Waals surface area contributed by atoms with Crippen LogP contribution < -0.4 is 5.73 Å². The van der Waals surface area contributed by atoms with Crippen molar-refractivity contribution in [2.75, 3.05) is 0 Å². The van der Waals surface area contributed by atoms with Crippen LogP contribution in [-0.4, -0.2) is 20.0 Å². The number of benzene rings is 1. The minimum atomic E-state index is -0.312. The molecule has 0 radical (unpaired) electrons. The van der Waals surface area contributed by atoms with Crippen molar-refractivity contribution in [3.63, 3.8) is 0 Å².